The third-order valence-corrected chi connectivity index (χ3v) is 4.83. The minimum atomic E-state index is -5.11. The fourth-order valence-corrected chi connectivity index (χ4v) is 3.27. The van der Waals surface area contributed by atoms with Gasteiger partial charge in [0.15, 0.2) is 0 Å². The van der Waals surface area contributed by atoms with Crippen molar-refractivity contribution in [2.45, 2.75) is 4.90 Å². The van der Waals surface area contributed by atoms with E-state index in [4.69, 9.17) is 10.1 Å². The highest BCUT2D eigenvalue weighted by atomic mass is 32.3. The summed E-state index contributed by atoms with van der Waals surface area (Å²) >= 11 is 0. The van der Waals surface area contributed by atoms with Crippen molar-refractivity contribution in [3.8, 4) is 0 Å². The molecule has 1 aromatic carbocycles. The Labute approximate surface area is 91.6 Å². The Morgan fingerprint density at radius 1 is 1.12 bits per heavy atom. The Bertz CT molecular complexity index is 641. The van der Waals surface area contributed by atoms with Crippen molar-refractivity contribution in [3.63, 3.8) is 0 Å². The molecule has 0 amide bonds. The zero-order valence-electron chi connectivity index (χ0n) is 7.68. The van der Waals surface area contributed by atoms with Crippen LogP contribution in [0.3, 0.4) is 0 Å². The number of nitrogens with zero attached hydrogens (tertiary/aromatic N) is 2. The summed E-state index contributed by atoms with van der Waals surface area (Å²) in [6, 6.07) is 6.43. The molecule has 86 valence electrons. The van der Waals surface area contributed by atoms with Crippen molar-refractivity contribution < 1.29 is 26.2 Å². The molecule has 0 saturated carbocycles. The van der Waals surface area contributed by atoms with Gasteiger partial charge in [-0.3, -0.25) is 4.55 Å². The molecule has 0 aliphatic carbocycles. The first-order valence-corrected chi connectivity index (χ1v) is 6.72. The van der Waals surface area contributed by atoms with Gasteiger partial charge in [-0.25, -0.2) is 8.42 Å². The zero-order valence-corrected chi connectivity index (χ0v) is 9.31. The average Bonchev–Trinajstić information content (AvgIpc) is 2.17. The third-order valence-electron chi connectivity index (χ3n) is 1.59. The van der Waals surface area contributed by atoms with Crippen LogP contribution in [0.1, 0.15) is 0 Å². The molecule has 9 heteroatoms. The first-order valence-electron chi connectivity index (χ1n) is 3.80. The minimum Gasteiger partial charge on any atom is -0.359 e. The van der Waals surface area contributed by atoms with Crippen LogP contribution in [0.15, 0.2) is 35.2 Å². The van der Waals surface area contributed by atoms with Gasteiger partial charge >= 0.3 is 14.5 Å². The van der Waals surface area contributed by atoms with Gasteiger partial charge in [0.25, 0.3) is 9.84 Å². The highest BCUT2D eigenvalue weighted by Crippen LogP contribution is 2.13. The summed E-state index contributed by atoms with van der Waals surface area (Å²) in [6.45, 7) is 0. The van der Waals surface area contributed by atoms with Gasteiger partial charge in [-0.15, -0.1) is 4.79 Å². The van der Waals surface area contributed by atoms with Crippen LogP contribution in [0.2, 0.25) is 0 Å². The lowest BCUT2D eigenvalue weighted by Crippen LogP contribution is -2.25. The molecule has 16 heavy (non-hydrogen) atoms. The molecule has 1 rings (SSSR count). The number of benzene rings is 1. The molecule has 0 fully saturated rings. The summed E-state index contributed by atoms with van der Waals surface area (Å²) in [6.07, 6.45) is 0. The number of hydrogen-bond donors (Lipinski definition) is 1. The van der Waals surface area contributed by atoms with Gasteiger partial charge in [-0.2, -0.15) is 8.42 Å². The lowest BCUT2D eigenvalue weighted by Gasteiger charge is -1.96. The molecular formula is C7H6N2O5S2. The first-order chi connectivity index (χ1) is 7.30. The largest absolute Gasteiger partial charge is 0.525 e. The van der Waals surface area contributed by atoms with Crippen molar-refractivity contribution in [2.24, 2.45) is 0 Å². The molecule has 0 aliphatic heterocycles. The third kappa shape index (κ3) is 2.34. The molecule has 1 N–H and O–H groups in total. The normalized spacial score (nSPS) is 11.8. The summed E-state index contributed by atoms with van der Waals surface area (Å²) in [7, 11) is -9.66. The second-order valence-corrected chi connectivity index (χ2v) is 6.12. The minimum absolute atomic E-state index is 0.402. The molecule has 0 atom stereocenters. The molecule has 0 aliphatic rings. The molecule has 0 bridgehead atoms. The van der Waals surface area contributed by atoms with Crippen LogP contribution in [0, 0.1) is 0 Å². The monoisotopic (exact) mass is 262 g/mol. The molecule has 1 aromatic rings. The van der Waals surface area contributed by atoms with E-state index in [2.05, 4.69) is 4.79 Å². The van der Waals surface area contributed by atoms with Crippen molar-refractivity contribution in [1.82, 2.24) is 0 Å². The summed E-state index contributed by atoms with van der Waals surface area (Å²) in [5, 5.41) is 0. The van der Waals surface area contributed by atoms with Gasteiger partial charge < -0.3 is 5.53 Å². The van der Waals surface area contributed by atoms with Gasteiger partial charge in [-0.05, 0) is 12.1 Å². The SMILES string of the molecule is [N-]=[N+]=C(S(=O)(=O)O)S(=O)(=O)c1ccccc1. The molecule has 0 radical (unpaired) electrons. The summed E-state index contributed by atoms with van der Waals surface area (Å²) < 4.78 is 51.4. The summed E-state index contributed by atoms with van der Waals surface area (Å²) in [5.41, 5.74) is 8.33. The predicted octanol–water partition coefficient (Wildman–Crippen LogP) is -0.0661. The molecule has 0 spiro atoms. The van der Waals surface area contributed by atoms with Crippen molar-refractivity contribution in [2.75, 3.05) is 0 Å². The maximum absolute atomic E-state index is 11.6. The van der Waals surface area contributed by atoms with Crippen LogP contribution < -0.4 is 0 Å². The lowest BCUT2D eigenvalue weighted by atomic mass is 10.4. The van der Waals surface area contributed by atoms with Crippen molar-refractivity contribution >= 4 is 24.3 Å². The standard InChI is InChI=1S/C7H6N2O5S2/c8-9-7(16(12,13)14)15(10,11)6-4-2-1-3-5-6/h1-5H,(H,12,13,14). The Morgan fingerprint density at radius 3 is 2.00 bits per heavy atom. The van der Waals surface area contributed by atoms with Gasteiger partial charge in [0.1, 0.15) is 0 Å². The summed E-state index contributed by atoms with van der Waals surface area (Å²) in [4.78, 5) is 1.70. The second kappa shape index (κ2) is 4.14. The smallest absolute Gasteiger partial charge is 0.359 e. The molecule has 7 nitrogen and oxygen atoms in total. The van der Waals surface area contributed by atoms with E-state index in [9.17, 15) is 16.8 Å². The fraction of sp³-hybridized carbons (Fsp3) is 0. The number of sulfone groups is 1. The van der Waals surface area contributed by atoms with Crippen LogP contribution in [0.25, 0.3) is 5.53 Å². The van der Waals surface area contributed by atoms with Crippen LogP contribution in [0.4, 0.5) is 0 Å². The Kier molecular flexibility index (Phi) is 3.24. The van der Waals surface area contributed by atoms with E-state index < -0.39 is 29.2 Å². The van der Waals surface area contributed by atoms with E-state index in [1.54, 1.807) is 0 Å². The number of hydrogen-bond acceptors (Lipinski definition) is 4. The van der Waals surface area contributed by atoms with Gasteiger partial charge in [0, 0.05) is 0 Å². The predicted molar refractivity (Wildman–Crippen MR) is 53.8 cm³/mol. The molecule has 0 saturated heterocycles. The maximum atomic E-state index is 11.6. The van der Waals surface area contributed by atoms with Gasteiger partial charge in [-0.1, -0.05) is 18.2 Å². The van der Waals surface area contributed by atoms with E-state index in [-0.39, 0.29) is 0 Å². The highest BCUT2D eigenvalue weighted by Gasteiger charge is 2.41. The van der Waals surface area contributed by atoms with E-state index in [1.807, 2.05) is 0 Å². The fourth-order valence-electron chi connectivity index (χ4n) is 0.944. The quantitative estimate of drug-likeness (QED) is 0.249. The van der Waals surface area contributed by atoms with Crippen LogP contribution in [-0.2, 0) is 20.0 Å². The van der Waals surface area contributed by atoms with Crippen LogP contribution in [-0.4, -0.2) is 30.6 Å². The van der Waals surface area contributed by atoms with Gasteiger partial charge in [0.2, 0.25) is 0 Å². The second-order valence-electron chi connectivity index (χ2n) is 2.66. The van der Waals surface area contributed by atoms with E-state index in [0.29, 0.717) is 0 Å². The molecule has 0 aromatic heterocycles. The average molecular weight is 262 g/mol. The molecule has 0 unspecified atom stereocenters. The zero-order chi connectivity index (χ0) is 12.4. The first kappa shape index (κ1) is 12.5. The van der Waals surface area contributed by atoms with Crippen LogP contribution >= 0.6 is 0 Å². The van der Waals surface area contributed by atoms with Gasteiger partial charge in [0.05, 0.1) is 4.90 Å². The topological polar surface area (TPSA) is 125 Å². The molecule has 0 heterocycles. The van der Waals surface area contributed by atoms with E-state index >= 15 is 0 Å². The Morgan fingerprint density at radius 2 is 1.62 bits per heavy atom. The van der Waals surface area contributed by atoms with E-state index in [0.717, 1.165) is 12.1 Å². The van der Waals surface area contributed by atoms with E-state index in [1.165, 1.54) is 18.2 Å². The summed E-state index contributed by atoms with van der Waals surface area (Å²) in [5.74, 6) is 0. The highest BCUT2D eigenvalue weighted by molar-refractivity contribution is 8.28. The lowest BCUT2D eigenvalue weighted by molar-refractivity contribution is 0.00315. The van der Waals surface area contributed by atoms with Crippen LogP contribution in [0.5, 0.6) is 0 Å². The number of rotatable bonds is 1. The van der Waals surface area contributed by atoms with Crippen molar-refractivity contribution in [3.05, 3.63) is 35.9 Å². The Hall–Kier alpha value is -1.54. The van der Waals surface area contributed by atoms with Crippen molar-refractivity contribution in [1.29, 1.82) is 0 Å². The molecular weight excluding hydrogens is 256 g/mol. The Balaban J connectivity index is 3.52. The maximum Gasteiger partial charge on any atom is 0.525 e.